The van der Waals surface area contributed by atoms with E-state index in [0.29, 0.717) is 23.1 Å². The second-order valence-electron chi connectivity index (χ2n) is 6.62. The highest BCUT2D eigenvalue weighted by atomic mass is 32.2. The minimum Gasteiger partial charge on any atom is -0.493 e. The molecule has 3 rings (SSSR count). The van der Waals surface area contributed by atoms with Crippen molar-refractivity contribution >= 4 is 29.4 Å². The van der Waals surface area contributed by atoms with Gasteiger partial charge in [0.25, 0.3) is 0 Å². The monoisotopic (exact) mass is 442 g/mol. The van der Waals surface area contributed by atoms with Crippen molar-refractivity contribution in [3.05, 3.63) is 54.0 Å². The molecule has 0 spiro atoms. The van der Waals surface area contributed by atoms with Crippen LogP contribution in [0.25, 0.3) is 11.7 Å². The van der Waals surface area contributed by atoms with Crippen molar-refractivity contribution in [2.45, 2.75) is 12.5 Å². The van der Waals surface area contributed by atoms with Crippen LogP contribution >= 0.6 is 11.8 Å². The number of rotatable bonds is 10. The van der Waals surface area contributed by atoms with Crippen LogP contribution in [0, 0.1) is 0 Å². The molecule has 0 saturated carbocycles. The van der Waals surface area contributed by atoms with E-state index in [4.69, 9.17) is 14.2 Å². The molecule has 1 N–H and O–H groups in total. The molecular weight excluding hydrogens is 416 g/mol. The molecule has 3 aromatic rings. The van der Waals surface area contributed by atoms with Gasteiger partial charge in [0.2, 0.25) is 11.7 Å². The number of hydrogen-bond acceptors (Lipinski definition) is 7. The van der Waals surface area contributed by atoms with Gasteiger partial charge >= 0.3 is 0 Å². The smallest absolute Gasteiger partial charge is 0.244 e. The zero-order valence-corrected chi connectivity index (χ0v) is 18.8. The van der Waals surface area contributed by atoms with Crippen LogP contribution < -0.4 is 19.5 Å². The molecule has 0 radical (unpaired) electrons. The van der Waals surface area contributed by atoms with Crippen LogP contribution in [-0.2, 0) is 4.79 Å². The van der Waals surface area contributed by atoms with E-state index in [0.717, 1.165) is 23.4 Å². The van der Waals surface area contributed by atoms with E-state index < -0.39 is 0 Å². The van der Waals surface area contributed by atoms with Crippen LogP contribution in [0.4, 0.5) is 0 Å². The summed E-state index contributed by atoms with van der Waals surface area (Å²) in [5.74, 6) is 2.90. The molecular formula is C22H26N4O4S. The molecule has 1 atom stereocenters. The molecule has 31 heavy (non-hydrogen) atoms. The number of thioether (sulfide) groups is 1. The van der Waals surface area contributed by atoms with Crippen LogP contribution in [0.2, 0.25) is 0 Å². The Morgan fingerprint density at radius 1 is 1.16 bits per heavy atom. The summed E-state index contributed by atoms with van der Waals surface area (Å²) in [5.41, 5.74) is 1.49. The number of benzene rings is 1. The molecule has 0 aliphatic rings. The number of hydrogen-bond donors (Lipinski definition) is 1. The number of aromatic nitrogens is 3. The van der Waals surface area contributed by atoms with E-state index in [-0.39, 0.29) is 11.9 Å². The first-order valence-corrected chi connectivity index (χ1v) is 11.1. The number of amides is 1. The molecule has 0 bridgehead atoms. The first-order valence-electron chi connectivity index (χ1n) is 9.68. The molecule has 1 unspecified atom stereocenters. The van der Waals surface area contributed by atoms with Crippen molar-refractivity contribution in [1.29, 1.82) is 0 Å². The molecule has 2 aromatic heterocycles. The van der Waals surface area contributed by atoms with E-state index >= 15 is 0 Å². The quantitative estimate of drug-likeness (QED) is 0.482. The van der Waals surface area contributed by atoms with Crippen molar-refractivity contribution < 1.29 is 19.0 Å². The van der Waals surface area contributed by atoms with Gasteiger partial charge in [-0.05, 0) is 54.3 Å². The largest absolute Gasteiger partial charge is 0.493 e. The summed E-state index contributed by atoms with van der Waals surface area (Å²) in [6, 6.07) is 9.00. The Hall–Kier alpha value is -3.20. The van der Waals surface area contributed by atoms with Crippen molar-refractivity contribution in [2.75, 3.05) is 33.3 Å². The average Bonchev–Trinajstić information content (AvgIpc) is 3.23. The van der Waals surface area contributed by atoms with Crippen molar-refractivity contribution in [3.63, 3.8) is 0 Å². The minimum atomic E-state index is -0.262. The summed E-state index contributed by atoms with van der Waals surface area (Å²) in [4.78, 5) is 12.7. The van der Waals surface area contributed by atoms with Crippen molar-refractivity contribution in [1.82, 2.24) is 19.9 Å². The lowest BCUT2D eigenvalue weighted by atomic mass is 10.1. The maximum Gasteiger partial charge on any atom is 0.244 e. The fourth-order valence-electron chi connectivity index (χ4n) is 3.19. The minimum absolute atomic E-state index is 0.229. The lowest BCUT2D eigenvalue weighted by Gasteiger charge is -2.16. The van der Waals surface area contributed by atoms with E-state index in [1.54, 1.807) is 51.3 Å². The normalized spacial score (nSPS) is 12.1. The number of ether oxygens (including phenoxy) is 3. The lowest BCUT2D eigenvalue weighted by molar-refractivity contribution is -0.117. The lowest BCUT2D eigenvalue weighted by Crippen LogP contribution is -2.29. The molecule has 0 saturated heterocycles. The number of carbonyl (C=O) groups is 1. The Balaban J connectivity index is 1.80. The number of pyridine rings is 1. The fraction of sp³-hybridized carbons (Fsp3) is 0.318. The predicted molar refractivity (Wildman–Crippen MR) is 122 cm³/mol. The van der Waals surface area contributed by atoms with Gasteiger partial charge in [-0.2, -0.15) is 11.8 Å². The maximum absolute atomic E-state index is 12.7. The second kappa shape index (κ2) is 10.7. The van der Waals surface area contributed by atoms with E-state index in [2.05, 4.69) is 15.5 Å². The van der Waals surface area contributed by atoms with Crippen LogP contribution in [0.3, 0.4) is 0 Å². The summed E-state index contributed by atoms with van der Waals surface area (Å²) in [6.45, 7) is 0. The Morgan fingerprint density at radius 3 is 2.55 bits per heavy atom. The summed E-state index contributed by atoms with van der Waals surface area (Å²) >= 11 is 1.72. The number of methoxy groups -OCH3 is 3. The van der Waals surface area contributed by atoms with Crippen LogP contribution in [0.15, 0.2) is 42.6 Å². The zero-order valence-electron chi connectivity index (χ0n) is 18.0. The van der Waals surface area contributed by atoms with Gasteiger partial charge in [0.05, 0.1) is 27.4 Å². The number of fused-ring (bicyclic) bond motifs is 1. The van der Waals surface area contributed by atoms with Gasteiger partial charge in [-0.15, -0.1) is 10.2 Å². The van der Waals surface area contributed by atoms with Crippen molar-refractivity contribution in [3.8, 4) is 17.2 Å². The fourth-order valence-corrected chi connectivity index (χ4v) is 3.66. The van der Waals surface area contributed by atoms with Crippen LogP contribution in [-0.4, -0.2) is 53.8 Å². The number of nitrogens with zero attached hydrogens (tertiary/aromatic N) is 3. The molecule has 1 aromatic carbocycles. The van der Waals surface area contributed by atoms with Crippen LogP contribution in [0.5, 0.6) is 17.2 Å². The summed E-state index contributed by atoms with van der Waals surface area (Å²) < 4.78 is 18.0. The van der Waals surface area contributed by atoms with Gasteiger partial charge in [0.1, 0.15) is 0 Å². The Bertz CT molecular complexity index is 1040. The third kappa shape index (κ3) is 5.29. The predicted octanol–water partition coefficient (Wildman–Crippen LogP) is 3.38. The molecule has 9 heteroatoms. The average molecular weight is 443 g/mol. The SMILES string of the molecule is COc1cc(/C=C/C(=O)NC(CCSC)c2nnc3ccccn23)cc(OC)c1OC. The zero-order chi connectivity index (χ0) is 22.2. The van der Waals surface area contributed by atoms with Gasteiger partial charge in [-0.1, -0.05) is 6.07 Å². The summed E-state index contributed by atoms with van der Waals surface area (Å²) in [6.07, 6.45) is 7.85. The number of carbonyl (C=O) groups excluding carboxylic acids is 1. The van der Waals surface area contributed by atoms with E-state index in [1.807, 2.05) is 35.1 Å². The molecule has 0 aliphatic carbocycles. The van der Waals surface area contributed by atoms with Gasteiger partial charge in [-0.3, -0.25) is 9.20 Å². The Kier molecular flexibility index (Phi) is 7.77. The van der Waals surface area contributed by atoms with Crippen LogP contribution in [0.1, 0.15) is 23.9 Å². The third-order valence-electron chi connectivity index (χ3n) is 4.69. The van der Waals surface area contributed by atoms with Gasteiger partial charge in [-0.25, -0.2) is 0 Å². The molecule has 1 amide bonds. The summed E-state index contributed by atoms with van der Waals surface area (Å²) in [5, 5.41) is 11.5. The molecule has 8 nitrogen and oxygen atoms in total. The molecule has 0 fully saturated rings. The topological polar surface area (TPSA) is 87.0 Å². The van der Waals surface area contributed by atoms with Crippen molar-refractivity contribution in [2.24, 2.45) is 0 Å². The molecule has 0 aliphatic heterocycles. The molecule has 164 valence electrons. The highest BCUT2D eigenvalue weighted by Gasteiger charge is 2.19. The third-order valence-corrected chi connectivity index (χ3v) is 5.34. The standard InChI is InChI=1S/C22H26N4O4S/c1-28-17-13-15(14-18(29-2)21(17)30-3)8-9-20(27)23-16(10-12-31-4)22-25-24-19-7-5-6-11-26(19)22/h5-9,11,13-14,16H,10,12H2,1-4H3,(H,23,27)/b9-8+. The van der Waals surface area contributed by atoms with E-state index in [1.165, 1.54) is 6.08 Å². The molecule has 2 heterocycles. The summed E-state index contributed by atoms with van der Waals surface area (Å²) in [7, 11) is 4.65. The Labute approximate surface area is 185 Å². The highest BCUT2D eigenvalue weighted by molar-refractivity contribution is 7.98. The second-order valence-corrected chi connectivity index (χ2v) is 7.61. The number of nitrogens with one attached hydrogen (secondary N) is 1. The van der Waals surface area contributed by atoms with Gasteiger partial charge in [0, 0.05) is 12.3 Å². The van der Waals surface area contributed by atoms with Gasteiger partial charge in [0.15, 0.2) is 23.0 Å². The van der Waals surface area contributed by atoms with Gasteiger partial charge < -0.3 is 19.5 Å². The van der Waals surface area contributed by atoms with E-state index in [9.17, 15) is 4.79 Å². The Morgan fingerprint density at radius 2 is 1.90 bits per heavy atom. The maximum atomic E-state index is 12.7. The first kappa shape index (κ1) is 22.5. The first-order chi connectivity index (χ1) is 15.1. The highest BCUT2D eigenvalue weighted by Crippen LogP contribution is 2.38.